The summed E-state index contributed by atoms with van der Waals surface area (Å²) in [6.45, 7) is 0.398. The fourth-order valence-electron chi connectivity index (χ4n) is 1.61. The van der Waals surface area contributed by atoms with Crippen molar-refractivity contribution in [1.29, 1.82) is 0 Å². The van der Waals surface area contributed by atoms with Crippen LogP contribution in [0, 0.1) is 0 Å². The summed E-state index contributed by atoms with van der Waals surface area (Å²) in [5.74, 6) is 0. The van der Waals surface area contributed by atoms with E-state index in [-0.39, 0.29) is 5.69 Å². The third-order valence-corrected chi connectivity index (χ3v) is 3.18. The van der Waals surface area contributed by atoms with E-state index in [0.29, 0.717) is 17.3 Å². The van der Waals surface area contributed by atoms with Crippen molar-refractivity contribution >= 4 is 22.1 Å². The maximum absolute atomic E-state index is 12.0. The molecule has 0 aromatic carbocycles. The van der Waals surface area contributed by atoms with Gasteiger partial charge in [0.1, 0.15) is 0 Å². The van der Waals surface area contributed by atoms with Crippen LogP contribution in [0.4, 0.5) is 5.13 Å². The number of hydrogen-bond donors (Lipinski definition) is 1. The zero-order valence-electron chi connectivity index (χ0n) is 8.78. The largest absolute Gasteiger partial charge is 0.375 e. The molecule has 86 valence electrons. The van der Waals surface area contributed by atoms with E-state index >= 15 is 0 Å². The van der Waals surface area contributed by atoms with Gasteiger partial charge in [-0.15, -0.1) is 16.4 Å². The fraction of sp³-hybridized carbons (Fsp3) is 0.100. The van der Waals surface area contributed by atoms with E-state index < -0.39 is 0 Å². The molecule has 0 atom stereocenters. The molecule has 0 saturated heterocycles. The van der Waals surface area contributed by atoms with Crippen molar-refractivity contribution in [2.24, 2.45) is 0 Å². The molecule has 6 nitrogen and oxygen atoms in total. The topological polar surface area (TPSA) is 78.2 Å². The van der Waals surface area contributed by atoms with Gasteiger partial charge in [-0.25, -0.2) is 14.5 Å². The minimum atomic E-state index is -0.160. The first-order valence-electron chi connectivity index (χ1n) is 4.98. The van der Waals surface area contributed by atoms with E-state index in [4.69, 9.17) is 5.73 Å². The van der Waals surface area contributed by atoms with Gasteiger partial charge in [-0.05, 0) is 12.1 Å². The Balaban J connectivity index is 2.06. The highest BCUT2D eigenvalue weighted by atomic mass is 32.1. The highest BCUT2D eigenvalue weighted by Gasteiger charge is 2.07. The monoisotopic (exact) mass is 247 g/mol. The van der Waals surface area contributed by atoms with Gasteiger partial charge in [0.25, 0.3) is 0 Å². The highest BCUT2D eigenvalue weighted by Crippen LogP contribution is 2.14. The van der Waals surface area contributed by atoms with Crippen LogP contribution in [0.25, 0.3) is 5.65 Å². The predicted octanol–water partition coefficient (Wildman–Crippen LogP) is 0.583. The lowest BCUT2D eigenvalue weighted by Gasteiger charge is -1.93. The van der Waals surface area contributed by atoms with Gasteiger partial charge in [0, 0.05) is 17.3 Å². The summed E-state index contributed by atoms with van der Waals surface area (Å²) in [6, 6.07) is 5.43. The van der Waals surface area contributed by atoms with Crippen molar-refractivity contribution in [2.75, 3.05) is 5.73 Å². The Kier molecular flexibility index (Phi) is 2.19. The van der Waals surface area contributed by atoms with E-state index in [9.17, 15) is 4.79 Å². The number of nitrogens with zero attached hydrogens (tertiary/aromatic N) is 4. The van der Waals surface area contributed by atoms with Gasteiger partial charge in [0.05, 0.1) is 6.54 Å². The van der Waals surface area contributed by atoms with Gasteiger partial charge in [0.15, 0.2) is 10.8 Å². The van der Waals surface area contributed by atoms with Crippen molar-refractivity contribution in [3.63, 3.8) is 0 Å². The molecule has 3 aromatic heterocycles. The van der Waals surface area contributed by atoms with Gasteiger partial charge in [0.2, 0.25) is 0 Å². The van der Waals surface area contributed by atoms with Crippen LogP contribution in [0.3, 0.4) is 0 Å². The Morgan fingerprint density at radius 2 is 2.29 bits per heavy atom. The minimum Gasteiger partial charge on any atom is -0.375 e. The summed E-state index contributed by atoms with van der Waals surface area (Å²) in [4.78, 5) is 16.8. The van der Waals surface area contributed by atoms with Crippen molar-refractivity contribution in [1.82, 2.24) is 19.2 Å². The van der Waals surface area contributed by atoms with Crippen LogP contribution in [-0.4, -0.2) is 19.2 Å². The van der Waals surface area contributed by atoms with Crippen LogP contribution in [0.5, 0.6) is 0 Å². The average molecular weight is 247 g/mol. The zero-order chi connectivity index (χ0) is 11.8. The molecule has 2 N–H and O–H groups in total. The number of rotatable bonds is 2. The molecule has 17 heavy (non-hydrogen) atoms. The molecule has 0 aliphatic rings. The normalized spacial score (nSPS) is 11.1. The average Bonchev–Trinajstić information content (AvgIpc) is 2.86. The number of nitrogens with two attached hydrogens (primary N) is 1. The van der Waals surface area contributed by atoms with Crippen LogP contribution < -0.4 is 11.4 Å². The van der Waals surface area contributed by atoms with E-state index in [1.54, 1.807) is 24.5 Å². The Hall–Kier alpha value is -2.15. The predicted molar refractivity (Wildman–Crippen MR) is 65.1 cm³/mol. The lowest BCUT2D eigenvalue weighted by molar-refractivity contribution is 0.665. The lowest BCUT2D eigenvalue weighted by atomic mass is 10.5. The Morgan fingerprint density at radius 1 is 1.41 bits per heavy atom. The molecule has 3 rings (SSSR count). The van der Waals surface area contributed by atoms with Crippen molar-refractivity contribution in [3.8, 4) is 0 Å². The summed E-state index contributed by atoms with van der Waals surface area (Å²) >= 11 is 1.36. The summed E-state index contributed by atoms with van der Waals surface area (Å²) in [5, 5.41) is 4.72. The maximum atomic E-state index is 12.0. The molecule has 0 amide bonds. The third kappa shape index (κ3) is 1.70. The van der Waals surface area contributed by atoms with E-state index in [0.717, 1.165) is 4.88 Å². The molecule has 0 aliphatic heterocycles. The summed E-state index contributed by atoms with van der Waals surface area (Å²) in [7, 11) is 0. The summed E-state index contributed by atoms with van der Waals surface area (Å²) < 4.78 is 2.91. The highest BCUT2D eigenvalue weighted by molar-refractivity contribution is 7.15. The number of anilines is 1. The number of thiazole rings is 1. The Morgan fingerprint density at radius 3 is 3.00 bits per heavy atom. The van der Waals surface area contributed by atoms with E-state index in [1.165, 1.54) is 20.4 Å². The molecule has 7 heteroatoms. The van der Waals surface area contributed by atoms with Gasteiger partial charge >= 0.3 is 5.69 Å². The first kappa shape index (κ1) is 10.0. The van der Waals surface area contributed by atoms with Crippen LogP contribution in [-0.2, 0) is 6.54 Å². The third-order valence-electron chi connectivity index (χ3n) is 2.37. The number of aromatic nitrogens is 4. The summed E-state index contributed by atoms with van der Waals surface area (Å²) in [6.07, 6.45) is 3.36. The minimum absolute atomic E-state index is 0.160. The SMILES string of the molecule is Nc1ncc(Cn2nc3ccccn3c2=O)s1. The molecule has 0 unspecified atom stereocenters. The zero-order valence-corrected chi connectivity index (χ0v) is 9.59. The van der Waals surface area contributed by atoms with E-state index in [2.05, 4.69) is 10.1 Å². The van der Waals surface area contributed by atoms with Gasteiger partial charge in [-0.3, -0.25) is 4.40 Å². The Bertz CT molecular complexity index is 725. The molecule has 0 saturated carbocycles. The molecular formula is C10H9N5OS. The van der Waals surface area contributed by atoms with Crippen LogP contribution in [0.15, 0.2) is 35.4 Å². The first-order valence-corrected chi connectivity index (χ1v) is 5.80. The molecule has 3 heterocycles. The standard InChI is InChI=1S/C10H9N5OS/c11-9-12-5-7(17-9)6-15-10(16)14-4-2-1-3-8(14)13-15/h1-5H,6H2,(H2,11,12). The number of pyridine rings is 1. The molecule has 0 radical (unpaired) electrons. The van der Waals surface area contributed by atoms with E-state index in [1.807, 2.05) is 6.07 Å². The molecular weight excluding hydrogens is 238 g/mol. The van der Waals surface area contributed by atoms with Crippen molar-refractivity contribution in [3.05, 3.63) is 46.0 Å². The van der Waals surface area contributed by atoms with Crippen LogP contribution in [0.2, 0.25) is 0 Å². The van der Waals surface area contributed by atoms with Gasteiger partial charge < -0.3 is 5.73 Å². The van der Waals surface area contributed by atoms with Gasteiger partial charge in [-0.1, -0.05) is 6.07 Å². The molecule has 0 aliphatic carbocycles. The number of hydrogen-bond acceptors (Lipinski definition) is 5. The molecule has 0 fully saturated rings. The second-order valence-corrected chi connectivity index (χ2v) is 4.68. The molecule has 3 aromatic rings. The number of nitrogen functional groups attached to an aromatic ring is 1. The van der Waals surface area contributed by atoms with Crippen molar-refractivity contribution in [2.45, 2.75) is 6.54 Å². The second kappa shape index (κ2) is 3.70. The Labute approximate surface area is 100.0 Å². The van der Waals surface area contributed by atoms with Gasteiger partial charge in [-0.2, -0.15) is 0 Å². The smallest absolute Gasteiger partial charge is 0.350 e. The summed E-state index contributed by atoms with van der Waals surface area (Å²) in [5.41, 5.74) is 6.01. The molecule has 0 spiro atoms. The van der Waals surface area contributed by atoms with Crippen molar-refractivity contribution < 1.29 is 0 Å². The second-order valence-electron chi connectivity index (χ2n) is 3.53. The first-order chi connectivity index (χ1) is 8.24. The van der Waals surface area contributed by atoms with Crippen LogP contribution in [0.1, 0.15) is 4.88 Å². The number of fused-ring (bicyclic) bond motifs is 1. The fourth-order valence-corrected chi connectivity index (χ4v) is 2.28. The van der Waals surface area contributed by atoms with Crippen LogP contribution >= 0.6 is 11.3 Å². The molecule has 0 bridgehead atoms. The maximum Gasteiger partial charge on any atom is 0.350 e. The lowest BCUT2D eigenvalue weighted by Crippen LogP contribution is -2.21. The quantitative estimate of drug-likeness (QED) is 0.718.